The molecule has 28 heavy (non-hydrogen) atoms. The van der Waals surface area contributed by atoms with Gasteiger partial charge in [-0.15, -0.1) is 0 Å². The van der Waals surface area contributed by atoms with Crippen LogP contribution in [0.5, 0.6) is 0 Å². The minimum atomic E-state index is -0.690. The lowest BCUT2D eigenvalue weighted by molar-refractivity contribution is -0.141. The molecule has 2 atom stereocenters. The van der Waals surface area contributed by atoms with E-state index < -0.39 is 12.1 Å². The lowest BCUT2D eigenvalue weighted by Crippen LogP contribution is -2.53. The van der Waals surface area contributed by atoms with E-state index in [9.17, 15) is 19.2 Å². The third-order valence-corrected chi connectivity index (χ3v) is 4.73. The Kier molecular flexibility index (Phi) is 7.54. The van der Waals surface area contributed by atoms with Crippen LogP contribution in [0.15, 0.2) is 30.3 Å². The second kappa shape index (κ2) is 9.87. The summed E-state index contributed by atoms with van der Waals surface area (Å²) in [5.74, 6) is -1.14. The third kappa shape index (κ3) is 5.80. The molecular weight excluding hydrogens is 360 g/mol. The molecule has 2 N–H and O–H groups in total. The average molecular weight is 388 g/mol. The Bertz CT molecular complexity index is 722. The summed E-state index contributed by atoms with van der Waals surface area (Å²) in [6, 6.07) is 8.28. The molecule has 0 saturated carbocycles. The highest BCUT2D eigenvalue weighted by Crippen LogP contribution is 2.18. The van der Waals surface area contributed by atoms with Gasteiger partial charge in [0, 0.05) is 27.1 Å². The van der Waals surface area contributed by atoms with E-state index in [1.54, 1.807) is 18.9 Å². The summed E-state index contributed by atoms with van der Waals surface area (Å²) in [4.78, 5) is 51.5. The molecule has 1 aromatic carbocycles. The minimum absolute atomic E-state index is 0.123. The Morgan fingerprint density at radius 3 is 2.54 bits per heavy atom. The normalized spacial score (nSPS) is 17.0. The summed E-state index contributed by atoms with van der Waals surface area (Å²) in [7, 11) is 1.68. The third-order valence-electron chi connectivity index (χ3n) is 4.73. The average Bonchev–Trinajstić information content (AvgIpc) is 3.15. The molecule has 1 fully saturated rings. The SMILES string of the molecule is CC(=O)NC(C)C(=O)N1CCCC1C(=O)NCC(=O)N(C)Cc1ccccc1. The van der Waals surface area contributed by atoms with Crippen LogP contribution in [0.2, 0.25) is 0 Å². The Morgan fingerprint density at radius 1 is 1.21 bits per heavy atom. The Balaban J connectivity index is 1.86. The van der Waals surface area contributed by atoms with Crippen LogP contribution >= 0.6 is 0 Å². The van der Waals surface area contributed by atoms with Gasteiger partial charge in [0.2, 0.25) is 23.6 Å². The molecule has 1 heterocycles. The van der Waals surface area contributed by atoms with E-state index in [1.165, 1.54) is 11.8 Å². The van der Waals surface area contributed by atoms with Crippen molar-refractivity contribution in [3.8, 4) is 0 Å². The highest BCUT2D eigenvalue weighted by Gasteiger charge is 2.36. The number of nitrogens with one attached hydrogen (secondary N) is 2. The van der Waals surface area contributed by atoms with Gasteiger partial charge in [-0.25, -0.2) is 0 Å². The van der Waals surface area contributed by atoms with Crippen molar-refractivity contribution in [3.05, 3.63) is 35.9 Å². The summed E-state index contributed by atoms with van der Waals surface area (Å²) in [5, 5.41) is 5.19. The maximum Gasteiger partial charge on any atom is 0.245 e. The van der Waals surface area contributed by atoms with Gasteiger partial charge in [-0.05, 0) is 25.3 Å². The van der Waals surface area contributed by atoms with E-state index in [4.69, 9.17) is 0 Å². The molecule has 1 saturated heterocycles. The first-order chi connectivity index (χ1) is 13.3. The van der Waals surface area contributed by atoms with Crippen LogP contribution in [0.3, 0.4) is 0 Å². The van der Waals surface area contributed by atoms with Crippen molar-refractivity contribution in [2.75, 3.05) is 20.1 Å². The second-order valence-corrected chi connectivity index (χ2v) is 7.07. The van der Waals surface area contributed by atoms with Crippen molar-refractivity contribution in [3.63, 3.8) is 0 Å². The standard InChI is InChI=1S/C20H28N4O4/c1-14(22-15(2)25)20(28)24-11-7-10-17(24)19(27)21-12-18(26)23(3)13-16-8-5-4-6-9-16/h4-6,8-9,14,17H,7,10-13H2,1-3H3,(H,21,27)(H,22,25). The van der Waals surface area contributed by atoms with E-state index in [2.05, 4.69) is 10.6 Å². The number of amides is 4. The lowest BCUT2D eigenvalue weighted by atomic mass is 10.2. The molecule has 2 unspecified atom stereocenters. The molecule has 8 nitrogen and oxygen atoms in total. The molecule has 2 rings (SSSR count). The second-order valence-electron chi connectivity index (χ2n) is 7.07. The largest absolute Gasteiger partial charge is 0.345 e. The van der Waals surface area contributed by atoms with Crippen molar-refractivity contribution < 1.29 is 19.2 Å². The number of hydrogen-bond acceptors (Lipinski definition) is 4. The smallest absolute Gasteiger partial charge is 0.245 e. The molecule has 152 valence electrons. The molecule has 0 spiro atoms. The van der Waals surface area contributed by atoms with Gasteiger partial charge in [0.05, 0.1) is 6.54 Å². The zero-order valence-electron chi connectivity index (χ0n) is 16.6. The van der Waals surface area contributed by atoms with Gasteiger partial charge in [-0.3, -0.25) is 19.2 Å². The van der Waals surface area contributed by atoms with E-state index in [-0.39, 0.29) is 30.2 Å². The molecule has 0 radical (unpaired) electrons. The molecular formula is C20H28N4O4. The lowest BCUT2D eigenvalue weighted by Gasteiger charge is -2.27. The molecule has 0 aromatic heterocycles. The number of hydrogen-bond donors (Lipinski definition) is 2. The molecule has 4 amide bonds. The van der Waals surface area contributed by atoms with Crippen LogP contribution < -0.4 is 10.6 Å². The number of likely N-dealkylation sites (N-methyl/N-ethyl adjacent to an activating group) is 1. The summed E-state index contributed by atoms with van der Waals surface area (Å²) in [6.45, 7) is 3.73. The Hall–Kier alpha value is -2.90. The van der Waals surface area contributed by atoms with Gasteiger partial charge in [0.1, 0.15) is 12.1 Å². The molecule has 1 aliphatic rings. The summed E-state index contributed by atoms with van der Waals surface area (Å²) < 4.78 is 0. The van der Waals surface area contributed by atoms with Crippen LogP contribution in [0.1, 0.15) is 32.3 Å². The molecule has 1 aromatic rings. The number of nitrogens with zero attached hydrogens (tertiary/aromatic N) is 2. The Labute approximate surface area is 165 Å². The fraction of sp³-hybridized carbons (Fsp3) is 0.500. The Morgan fingerprint density at radius 2 is 1.89 bits per heavy atom. The van der Waals surface area contributed by atoms with Gasteiger partial charge in [0.15, 0.2) is 0 Å². The van der Waals surface area contributed by atoms with E-state index in [1.807, 2.05) is 30.3 Å². The topological polar surface area (TPSA) is 98.8 Å². The fourth-order valence-electron chi connectivity index (χ4n) is 3.28. The first kappa shape index (κ1) is 21.4. The zero-order valence-corrected chi connectivity index (χ0v) is 16.6. The monoisotopic (exact) mass is 388 g/mol. The van der Waals surface area contributed by atoms with Gasteiger partial charge in [-0.2, -0.15) is 0 Å². The number of benzene rings is 1. The van der Waals surface area contributed by atoms with Crippen LogP contribution in [0.4, 0.5) is 0 Å². The number of carbonyl (C=O) groups excluding carboxylic acids is 4. The maximum absolute atomic E-state index is 12.5. The highest BCUT2D eigenvalue weighted by molar-refractivity contribution is 5.93. The van der Waals surface area contributed by atoms with Crippen molar-refractivity contribution in [1.29, 1.82) is 0 Å². The minimum Gasteiger partial charge on any atom is -0.345 e. The van der Waals surface area contributed by atoms with Gasteiger partial charge >= 0.3 is 0 Å². The quantitative estimate of drug-likeness (QED) is 0.701. The number of likely N-dealkylation sites (tertiary alicyclic amines) is 1. The van der Waals surface area contributed by atoms with E-state index in [0.717, 1.165) is 5.56 Å². The first-order valence-corrected chi connectivity index (χ1v) is 9.42. The summed E-state index contributed by atoms with van der Waals surface area (Å²) in [5.41, 5.74) is 1.00. The maximum atomic E-state index is 12.5. The predicted octanol–water partition coefficient (Wildman–Crippen LogP) is 0.277. The highest BCUT2D eigenvalue weighted by atomic mass is 16.2. The van der Waals surface area contributed by atoms with Gasteiger partial charge in [-0.1, -0.05) is 30.3 Å². The zero-order chi connectivity index (χ0) is 20.7. The van der Waals surface area contributed by atoms with Crippen LogP contribution in [0, 0.1) is 0 Å². The van der Waals surface area contributed by atoms with Crippen molar-refractivity contribution >= 4 is 23.6 Å². The first-order valence-electron chi connectivity index (χ1n) is 9.42. The number of rotatable bonds is 7. The van der Waals surface area contributed by atoms with E-state index >= 15 is 0 Å². The predicted molar refractivity (Wildman–Crippen MR) is 104 cm³/mol. The molecule has 0 aliphatic carbocycles. The van der Waals surface area contributed by atoms with Crippen molar-refractivity contribution in [1.82, 2.24) is 20.4 Å². The fourth-order valence-corrected chi connectivity index (χ4v) is 3.28. The van der Waals surface area contributed by atoms with Crippen LogP contribution in [-0.2, 0) is 25.7 Å². The summed E-state index contributed by atoms with van der Waals surface area (Å²) in [6.07, 6.45) is 1.25. The molecule has 0 bridgehead atoms. The van der Waals surface area contributed by atoms with Crippen LogP contribution in [0.25, 0.3) is 0 Å². The molecule has 8 heteroatoms. The summed E-state index contributed by atoms with van der Waals surface area (Å²) >= 11 is 0. The van der Waals surface area contributed by atoms with Crippen molar-refractivity contribution in [2.24, 2.45) is 0 Å². The van der Waals surface area contributed by atoms with Gasteiger partial charge in [0.25, 0.3) is 0 Å². The van der Waals surface area contributed by atoms with Crippen molar-refractivity contribution in [2.45, 2.75) is 45.3 Å². The number of carbonyl (C=O) groups is 4. The van der Waals surface area contributed by atoms with Crippen LogP contribution in [-0.4, -0.2) is 65.6 Å². The van der Waals surface area contributed by atoms with E-state index in [0.29, 0.717) is 25.9 Å². The van der Waals surface area contributed by atoms with Gasteiger partial charge < -0.3 is 20.4 Å². The molecule has 1 aliphatic heterocycles.